The fraction of sp³-hybridized carbons (Fsp3) is 0.250. The van der Waals surface area contributed by atoms with Crippen molar-refractivity contribution in [1.29, 1.82) is 0 Å². The average Bonchev–Trinajstić information content (AvgIpc) is 2.78. The third-order valence-electron chi connectivity index (χ3n) is 5.58. The molecule has 1 fully saturated rings. The highest BCUT2D eigenvalue weighted by atomic mass is 19.3. The summed E-state index contributed by atoms with van der Waals surface area (Å²) in [6.45, 7) is 2.20. The molecule has 1 atom stereocenters. The van der Waals surface area contributed by atoms with E-state index in [9.17, 15) is 9.59 Å². The Labute approximate surface area is 173 Å². The van der Waals surface area contributed by atoms with Crippen LogP contribution in [0.2, 0.25) is 0 Å². The van der Waals surface area contributed by atoms with Gasteiger partial charge in [-0.05, 0) is 35.9 Å². The van der Waals surface area contributed by atoms with Crippen molar-refractivity contribution in [3.63, 3.8) is 0 Å². The van der Waals surface area contributed by atoms with E-state index in [4.69, 9.17) is 0 Å². The lowest BCUT2D eigenvalue weighted by Gasteiger charge is -2.41. The minimum absolute atomic E-state index is 0.0712. The molecule has 2 amide bonds. The second-order valence-electron chi connectivity index (χ2n) is 7.60. The van der Waals surface area contributed by atoms with Gasteiger partial charge in [-0.3, -0.25) is 9.59 Å². The van der Waals surface area contributed by atoms with E-state index in [0.29, 0.717) is 10.9 Å². The van der Waals surface area contributed by atoms with Gasteiger partial charge in [-0.25, -0.2) is 0 Å². The van der Waals surface area contributed by atoms with Gasteiger partial charge in [-0.15, -0.1) is 0 Å². The van der Waals surface area contributed by atoms with Gasteiger partial charge in [0.25, 0.3) is 11.8 Å². The quantitative estimate of drug-likeness (QED) is 0.648. The standard InChI is InChI=1S/C24H22F2N2O2/c1-17-16-27(22(29)19-8-3-2-4-9-19)13-14-28(17)23(30)24(25,26)21-12-11-18-7-5-6-10-20(18)15-21/h2-12,15,17H,13-14,16H2,1H3/t17-/m1/s1. The number of carbonyl (C=O) groups excluding carboxylic acids is 2. The van der Waals surface area contributed by atoms with Crippen LogP contribution in [0, 0.1) is 0 Å². The molecule has 6 heteroatoms. The predicted molar refractivity (Wildman–Crippen MR) is 111 cm³/mol. The lowest BCUT2D eigenvalue weighted by molar-refractivity contribution is -0.163. The number of nitrogens with zero attached hydrogens (tertiary/aromatic N) is 2. The summed E-state index contributed by atoms with van der Waals surface area (Å²) >= 11 is 0. The third-order valence-corrected chi connectivity index (χ3v) is 5.58. The van der Waals surface area contributed by atoms with Gasteiger partial charge >= 0.3 is 5.92 Å². The average molecular weight is 408 g/mol. The van der Waals surface area contributed by atoms with Crippen LogP contribution in [0.15, 0.2) is 72.8 Å². The Kier molecular flexibility index (Phi) is 5.24. The molecule has 4 nitrogen and oxygen atoms in total. The SMILES string of the molecule is C[C@@H]1CN(C(=O)c2ccccc2)CCN1C(=O)C(F)(F)c1ccc2ccccc2c1. The summed E-state index contributed by atoms with van der Waals surface area (Å²) in [6, 6.07) is 19.8. The van der Waals surface area contributed by atoms with Gasteiger partial charge in [0.1, 0.15) is 0 Å². The van der Waals surface area contributed by atoms with E-state index < -0.39 is 17.9 Å². The Morgan fingerprint density at radius 3 is 2.27 bits per heavy atom. The maximum atomic E-state index is 15.1. The smallest absolute Gasteiger partial charge is 0.335 e. The summed E-state index contributed by atoms with van der Waals surface area (Å²) in [5.74, 6) is -5.02. The first-order chi connectivity index (χ1) is 14.4. The van der Waals surface area contributed by atoms with Gasteiger partial charge in [0.2, 0.25) is 0 Å². The number of rotatable bonds is 3. The van der Waals surface area contributed by atoms with Crippen molar-refractivity contribution in [3.05, 3.63) is 83.9 Å². The first kappa shape index (κ1) is 20.0. The number of piperazine rings is 1. The summed E-state index contributed by atoms with van der Waals surface area (Å²) in [5, 5.41) is 1.50. The number of carbonyl (C=O) groups is 2. The second kappa shape index (κ2) is 7.86. The molecule has 1 heterocycles. The highest BCUT2D eigenvalue weighted by Crippen LogP contribution is 2.33. The number of hydrogen-bond acceptors (Lipinski definition) is 2. The minimum atomic E-state index is -3.64. The van der Waals surface area contributed by atoms with Gasteiger partial charge in [0.15, 0.2) is 0 Å². The minimum Gasteiger partial charge on any atom is -0.335 e. The number of amides is 2. The zero-order chi connectivity index (χ0) is 21.3. The molecule has 0 spiro atoms. The van der Waals surface area contributed by atoms with Crippen LogP contribution in [-0.4, -0.2) is 47.3 Å². The van der Waals surface area contributed by atoms with Crippen molar-refractivity contribution < 1.29 is 18.4 Å². The Hall–Kier alpha value is -3.28. The number of fused-ring (bicyclic) bond motifs is 1. The highest BCUT2D eigenvalue weighted by Gasteiger charge is 2.46. The van der Waals surface area contributed by atoms with Crippen LogP contribution < -0.4 is 0 Å². The molecular formula is C24H22F2N2O2. The van der Waals surface area contributed by atoms with Crippen LogP contribution >= 0.6 is 0 Å². The molecule has 0 radical (unpaired) electrons. The van der Waals surface area contributed by atoms with E-state index in [2.05, 4.69) is 0 Å². The van der Waals surface area contributed by atoms with Crippen molar-refractivity contribution >= 4 is 22.6 Å². The van der Waals surface area contributed by atoms with Crippen molar-refractivity contribution in [2.75, 3.05) is 19.6 Å². The fourth-order valence-corrected chi connectivity index (χ4v) is 3.90. The van der Waals surface area contributed by atoms with E-state index >= 15 is 8.78 Å². The molecule has 3 aromatic carbocycles. The molecule has 1 aliphatic heterocycles. The summed E-state index contributed by atoms with van der Waals surface area (Å²) in [7, 11) is 0. The predicted octanol–water partition coefficient (Wildman–Crippen LogP) is 4.30. The van der Waals surface area contributed by atoms with Gasteiger partial charge < -0.3 is 9.80 Å². The summed E-state index contributed by atoms with van der Waals surface area (Å²) in [5.41, 5.74) is 0.229. The molecule has 30 heavy (non-hydrogen) atoms. The van der Waals surface area contributed by atoms with E-state index in [1.807, 2.05) is 18.2 Å². The number of benzene rings is 3. The van der Waals surface area contributed by atoms with Crippen LogP contribution in [0.3, 0.4) is 0 Å². The molecule has 0 saturated carbocycles. The largest absolute Gasteiger partial charge is 0.349 e. The topological polar surface area (TPSA) is 40.6 Å². The van der Waals surface area contributed by atoms with E-state index in [1.54, 1.807) is 54.3 Å². The Morgan fingerprint density at radius 2 is 1.57 bits per heavy atom. The summed E-state index contributed by atoms with van der Waals surface area (Å²) < 4.78 is 30.2. The monoisotopic (exact) mass is 408 g/mol. The van der Waals surface area contributed by atoms with Crippen molar-refractivity contribution in [3.8, 4) is 0 Å². The first-order valence-electron chi connectivity index (χ1n) is 9.90. The molecule has 154 valence electrons. The van der Waals surface area contributed by atoms with Crippen LogP contribution in [0.5, 0.6) is 0 Å². The van der Waals surface area contributed by atoms with Crippen LogP contribution in [0.1, 0.15) is 22.8 Å². The molecule has 4 rings (SSSR count). The zero-order valence-corrected chi connectivity index (χ0v) is 16.6. The fourth-order valence-electron chi connectivity index (χ4n) is 3.90. The first-order valence-corrected chi connectivity index (χ1v) is 9.90. The number of halogens is 2. The molecule has 0 aromatic heterocycles. The number of hydrogen-bond donors (Lipinski definition) is 0. The summed E-state index contributed by atoms with van der Waals surface area (Å²) in [6.07, 6.45) is 0. The summed E-state index contributed by atoms with van der Waals surface area (Å²) in [4.78, 5) is 28.2. The lowest BCUT2D eigenvalue weighted by Crippen LogP contribution is -2.58. The second-order valence-corrected chi connectivity index (χ2v) is 7.60. The van der Waals surface area contributed by atoms with E-state index in [-0.39, 0.29) is 31.1 Å². The molecule has 0 N–H and O–H groups in total. The number of alkyl halides is 2. The van der Waals surface area contributed by atoms with E-state index in [0.717, 1.165) is 5.39 Å². The van der Waals surface area contributed by atoms with Gasteiger partial charge in [0.05, 0.1) is 0 Å². The molecule has 0 aliphatic carbocycles. The molecule has 3 aromatic rings. The molecule has 0 bridgehead atoms. The molecular weight excluding hydrogens is 386 g/mol. The van der Waals surface area contributed by atoms with Crippen molar-refractivity contribution in [2.45, 2.75) is 18.9 Å². The Morgan fingerprint density at radius 1 is 0.900 bits per heavy atom. The highest BCUT2D eigenvalue weighted by molar-refractivity contribution is 5.94. The molecule has 1 aliphatic rings. The van der Waals surface area contributed by atoms with Gasteiger partial charge in [0, 0.05) is 36.8 Å². The maximum absolute atomic E-state index is 15.1. The van der Waals surface area contributed by atoms with Crippen LogP contribution in [-0.2, 0) is 10.7 Å². The maximum Gasteiger partial charge on any atom is 0.349 e. The van der Waals surface area contributed by atoms with Crippen molar-refractivity contribution in [2.24, 2.45) is 0 Å². The molecule has 1 saturated heterocycles. The lowest BCUT2D eigenvalue weighted by atomic mass is 10.0. The Balaban J connectivity index is 1.51. The van der Waals surface area contributed by atoms with Crippen LogP contribution in [0.4, 0.5) is 8.78 Å². The van der Waals surface area contributed by atoms with Gasteiger partial charge in [-0.2, -0.15) is 8.78 Å². The van der Waals surface area contributed by atoms with E-state index in [1.165, 1.54) is 17.0 Å². The Bertz CT molecular complexity index is 1080. The third kappa shape index (κ3) is 3.65. The van der Waals surface area contributed by atoms with Gasteiger partial charge in [-0.1, -0.05) is 54.6 Å². The van der Waals surface area contributed by atoms with Crippen molar-refractivity contribution in [1.82, 2.24) is 9.80 Å². The normalized spacial score (nSPS) is 17.2. The zero-order valence-electron chi connectivity index (χ0n) is 16.6. The molecule has 0 unspecified atom stereocenters. The van der Waals surface area contributed by atoms with Crippen LogP contribution in [0.25, 0.3) is 10.8 Å².